The molecule has 0 radical (unpaired) electrons. The van der Waals surface area contributed by atoms with Crippen LogP contribution in [0.4, 0.5) is 11.5 Å². The lowest BCUT2D eigenvalue weighted by Gasteiger charge is -2.33. The minimum absolute atomic E-state index is 0.0910. The van der Waals surface area contributed by atoms with Crippen LogP contribution in [0.1, 0.15) is 41.6 Å². The van der Waals surface area contributed by atoms with Gasteiger partial charge in [0.05, 0.1) is 11.3 Å². The van der Waals surface area contributed by atoms with Gasteiger partial charge in [-0.25, -0.2) is 4.98 Å². The Labute approximate surface area is 199 Å². The van der Waals surface area contributed by atoms with Crippen LogP contribution in [0.25, 0.3) is 0 Å². The Kier molecular flexibility index (Phi) is 6.44. The molecule has 1 N–H and O–H groups in total. The Morgan fingerprint density at radius 3 is 2.78 bits per heavy atom. The van der Waals surface area contributed by atoms with Crippen LogP contribution >= 0.6 is 23.2 Å². The smallest absolute Gasteiger partial charge is 0.255 e. The number of aromatic nitrogens is 1. The first-order valence-electron chi connectivity index (χ1n) is 11.5. The van der Waals surface area contributed by atoms with E-state index in [4.69, 9.17) is 23.2 Å². The number of amides is 1. The molecule has 6 nitrogen and oxygen atoms in total. The summed E-state index contributed by atoms with van der Waals surface area (Å²) in [6.45, 7) is 6.34. The third kappa shape index (κ3) is 4.54. The van der Waals surface area contributed by atoms with E-state index in [2.05, 4.69) is 25.0 Å². The molecule has 32 heavy (non-hydrogen) atoms. The molecule has 8 heteroatoms. The average Bonchev–Trinajstić information content (AvgIpc) is 3.48. The van der Waals surface area contributed by atoms with E-state index in [1.54, 1.807) is 12.3 Å². The largest absolute Gasteiger partial charge is 0.367 e. The highest BCUT2D eigenvalue weighted by molar-refractivity contribution is 6.33. The number of carbonyl (C=O) groups is 1. The van der Waals surface area contributed by atoms with Crippen molar-refractivity contribution in [1.29, 1.82) is 0 Å². The zero-order valence-corrected chi connectivity index (χ0v) is 19.7. The maximum Gasteiger partial charge on any atom is 0.255 e. The molecule has 0 saturated carbocycles. The number of nitrogens with one attached hydrogen (secondary N) is 1. The number of likely N-dealkylation sites (tertiary alicyclic amines) is 2. The summed E-state index contributed by atoms with van der Waals surface area (Å²) < 4.78 is 0. The Balaban J connectivity index is 1.36. The van der Waals surface area contributed by atoms with Crippen molar-refractivity contribution in [3.63, 3.8) is 0 Å². The average molecular weight is 474 g/mol. The van der Waals surface area contributed by atoms with Crippen LogP contribution in [0.3, 0.4) is 0 Å². The van der Waals surface area contributed by atoms with Gasteiger partial charge in [-0.3, -0.25) is 4.79 Å². The number of hydrogen-bond acceptors (Lipinski definition) is 5. The van der Waals surface area contributed by atoms with Crippen LogP contribution in [0.2, 0.25) is 10.0 Å². The predicted molar refractivity (Wildman–Crippen MR) is 130 cm³/mol. The van der Waals surface area contributed by atoms with Gasteiger partial charge in [-0.2, -0.15) is 0 Å². The van der Waals surface area contributed by atoms with Crippen molar-refractivity contribution >= 4 is 40.6 Å². The highest BCUT2D eigenvalue weighted by atomic mass is 35.5. The fraction of sp³-hybridized carbons (Fsp3) is 0.500. The van der Waals surface area contributed by atoms with Crippen LogP contribution in [0.5, 0.6) is 0 Å². The van der Waals surface area contributed by atoms with Crippen molar-refractivity contribution in [3.8, 4) is 0 Å². The van der Waals surface area contributed by atoms with E-state index in [-0.39, 0.29) is 5.91 Å². The Bertz CT molecular complexity index is 994. The van der Waals surface area contributed by atoms with E-state index >= 15 is 0 Å². The second-order valence-electron chi connectivity index (χ2n) is 8.98. The van der Waals surface area contributed by atoms with E-state index < -0.39 is 0 Å². The number of hydrogen-bond donors (Lipinski definition) is 1. The molecule has 0 unspecified atom stereocenters. The molecule has 3 aliphatic heterocycles. The Hall–Kier alpha value is -2.02. The van der Waals surface area contributed by atoms with Crippen molar-refractivity contribution < 1.29 is 4.79 Å². The van der Waals surface area contributed by atoms with Crippen molar-refractivity contribution in [1.82, 2.24) is 14.8 Å². The number of halogens is 2. The van der Waals surface area contributed by atoms with E-state index in [1.165, 1.54) is 12.8 Å². The van der Waals surface area contributed by atoms with Crippen LogP contribution < -0.4 is 10.2 Å². The highest BCUT2D eigenvalue weighted by Crippen LogP contribution is 2.32. The number of anilines is 2. The minimum Gasteiger partial charge on any atom is -0.367 e. The molecule has 1 atom stereocenters. The monoisotopic (exact) mass is 473 g/mol. The summed E-state index contributed by atoms with van der Waals surface area (Å²) in [5, 5.41) is 4.71. The molecule has 170 valence electrons. The zero-order chi connectivity index (χ0) is 22.1. The first-order valence-corrected chi connectivity index (χ1v) is 12.3. The standard InChI is InChI=1S/C24H29Cl2N5O/c25-19-5-6-21(26)18(12-19)15-30-11-7-27-23-22(30)13-17(14-28-23)24(32)31-10-3-4-20(31)16-29-8-1-2-9-29/h5-6,12-14,20H,1-4,7-11,15-16H2,(H,27,28)/t20-/m0/s1. The second kappa shape index (κ2) is 9.46. The lowest BCUT2D eigenvalue weighted by Crippen LogP contribution is -2.42. The van der Waals surface area contributed by atoms with E-state index in [0.717, 1.165) is 69.2 Å². The van der Waals surface area contributed by atoms with Gasteiger partial charge < -0.3 is 20.0 Å². The quantitative estimate of drug-likeness (QED) is 0.691. The van der Waals surface area contributed by atoms with Gasteiger partial charge in [0.25, 0.3) is 5.91 Å². The van der Waals surface area contributed by atoms with Crippen LogP contribution in [-0.2, 0) is 6.54 Å². The Morgan fingerprint density at radius 2 is 1.94 bits per heavy atom. The predicted octanol–water partition coefficient (Wildman–Crippen LogP) is 4.52. The normalized spacial score (nSPS) is 21.0. The highest BCUT2D eigenvalue weighted by Gasteiger charge is 2.32. The molecule has 3 aliphatic rings. The molecule has 2 fully saturated rings. The summed E-state index contributed by atoms with van der Waals surface area (Å²) >= 11 is 12.6. The summed E-state index contributed by atoms with van der Waals surface area (Å²) in [7, 11) is 0. The summed E-state index contributed by atoms with van der Waals surface area (Å²) in [6, 6.07) is 7.82. The molecular weight excluding hydrogens is 445 g/mol. The van der Waals surface area contributed by atoms with Crippen LogP contribution in [0, 0.1) is 0 Å². The maximum absolute atomic E-state index is 13.5. The van der Waals surface area contributed by atoms with Crippen molar-refractivity contribution in [2.75, 3.05) is 49.5 Å². The van der Waals surface area contributed by atoms with Gasteiger partial charge >= 0.3 is 0 Å². The number of carbonyl (C=O) groups excluding carboxylic acids is 1. The fourth-order valence-electron chi connectivity index (χ4n) is 5.13. The number of fused-ring (bicyclic) bond motifs is 1. The van der Waals surface area contributed by atoms with E-state index in [9.17, 15) is 4.79 Å². The summed E-state index contributed by atoms with van der Waals surface area (Å²) in [5.74, 6) is 0.897. The Morgan fingerprint density at radius 1 is 1.09 bits per heavy atom. The maximum atomic E-state index is 13.5. The lowest BCUT2D eigenvalue weighted by atomic mass is 10.1. The van der Waals surface area contributed by atoms with Crippen LogP contribution in [-0.4, -0.2) is 66.0 Å². The van der Waals surface area contributed by atoms with E-state index in [1.807, 2.05) is 18.2 Å². The lowest BCUT2D eigenvalue weighted by molar-refractivity contribution is 0.0708. The topological polar surface area (TPSA) is 51.7 Å². The van der Waals surface area contributed by atoms with Crippen molar-refractivity contribution in [3.05, 3.63) is 51.6 Å². The third-order valence-electron chi connectivity index (χ3n) is 6.80. The molecular formula is C24H29Cl2N5O. The molecule has 0 aliphatic carbocycles. The van der Waals surface area contributed by atoms with Gasteiger partial charge in [0.1, 0.15) is 5.82 Å². The van der Waals surface area contributed by atoms with Gasteiger partial charge in [0, 0.05) is 55.0 Å². The number of nitrogens with zero attached hydrogens (tertiary/aromatic N) is 4. The van der Waals surface area contributed by atoms with E-state index in [0.29, 0.717) is 28.2 Å². The number of rotatable bonds is 5. The second-order valence-corrected chi connectivity index (χ2v) is 9.82. The third-order valence-corrected chi connectivity index (χ3v) is 7.41. The fourth-order valence-corrected chi connectivity index (χ4v) is 5.51. The van der Waals surface area contributed by atoms with Gasteiger partial charge in [0.2, 0.25) is 0 Å². The zero-order valence-electron chi connectivity index (χ0n) is 18.2. The van der Waals surface area contributed by atoms with Crippen LogP contribution in [0.15, 0.2) is 30.5 Å². The number of pyridine rings is 1. The summed E-state index contributed by atoms with van der Waals surface area (Å²) in [4.78, 5) is 24.9. The van der Waals surface area contributed by atoms with Crippen molar-refractivity contribution in [2.24, 2.45) is 0 Å². The van der Waals surface area contributed by atoms with Gasteiger partial charge in [-0.15, -0.1) is 0 Å². The number of benzene rings is 1. The van der Waals surface area contributed by atoms with Gasteiger partial charge in [-0.05, 0) is 68.6 Å². The summed E-state index contributed by atoms with van der Waals surface area (Å²) in [5.41, 5.74) is 2.56. The molecule has 4 heterocycles. The van der Waals surface area contributed by atoms with Crippen molar-refractivity contribution in [2.45, 2.75) is 38.3 Å². The molecule has 0 spiro atoms. The molecule has 5 rings (SSSR count). The molecule has 0 bridgehead atoms. The molecule has 1 amide bonds. The minimum atomic E-state index is 0.0910. The molecule has 2 aromatic rings. The van der Waals surface area contributed by atoms with Gasteiger partial charge in [0.15, 0.2) is 0 Å². The molecule has 2 saturated heterocycles. The first-order chi connectivity index (χ1) is 15.6. The molecule has 1 aromatic heterocycles. The summed E-state index contributed by atoms with van der Waals surface area (Å²) in [6.07, 6.45) is 6.42. The van der Waals surface area contributed by atoms with Gasteiger partial charge in [-0.1, -0.05) is 23.2 Å². The molecule has 1 aromatic carbocycles. The first kappa shape index (κ1) is 21.8. The SMILES string of the molecule is O=C(c1cnc2c(c1)N(Cc1cc(Cl)ccc1Cl)CCN2)N1CCC[C@H]1CN1CCCC1.